The Hall–Kier alpha value is -2.61. The van der Waals surface area contributed by atoms with E-state index in [2.05, 4.69) is 15.8 Å². The summed E-state index contributed by atoms with van der Waals surface area (Å²) in [5.74, 6) is -0.509. The molecule has 2 N–H and O–H groups in total. The minimum absolute atomic E-state index is 0.00172. The predicted molar refractivity (Wildman–Crippen MR) is 114 cm³/mol. The molecule has 0 aliphatic heterocycles. The summed E-state index contributed by atoms with van der Waals surface area (Å²) in [5, 5.41) is 9.77. The van der Waals surface area contributed by atoms with Gasteiger partial charge in [0.25, 0.3) is 5.91 Å². The zero-order valence-corrected chi connectivity index (χ0v) is 18.8. The van der Waals surface area contributed by atoms with Gasteiger partial charge in [0.1, 0.15) is 28.4 Å². The first-order chi connectivity index (χ1) is 14.5. The van der Waals surface area contributed by atoms with Gasteiger partial charge in [-0.2, -0.15) is 0 Å². The van der Waals surface area contributed by atoms with Crippen LogP contribution in [0.2, 0.25) is 5.02 Å². The maximum atomic E-state index is 14.3. The van der Waals surface area contributed by atoms with Gasteiger partial charge in [-0.3, -0.25) is 4.79 Å². The number of hydrogen-bond donors (Lipinski definition) is 2. The van der Waals surface area contributed by atoms with Crippen LogP contribution in [0.3, 0.4) is 0 Å². The van der Waals surface area contributed by atoms with E-state index >= 15 is 0 Å². The number of carbonyl (C=O) groups excluding carboxylic acids is 2. The van der Waals surface area contributed by atoms with Crippen molar-refractivity contribution in [2.45, 2.75) is 58.6 Å². The highest BCUT2D eigenvalue weighted by molar-refractivity contribution is 6.33. The standard InChI is InChI=1S/C22H27ClFN3O4/c1-12-17(19(27-31-12)18-15(23)6-5-7-16(18)24)20(28)25-11-13-8-9-14(10-13)26-21(29)30-22(2,3)4/h5-7,13-14H,8-11H2,1-4H3,(H,25,28)(H,26,29)/t13-,14+/m1/s1. The number of benzene rings is 1. The Labute approximate surface area is 185 Å². The quantitative estimate of drug-likeness (QED) is 0.676. The van der Waals surface area contributed by atoms with Crippen molar-refractivity contribution in [1.29, 1.82) is 0 Å². The third-order valence-electron chi connectivity index (χ3n) is 5.10. The van der Waals surface area contributed by atoms with Crippen LogP contribution in [0.5, 0.6) is 0 Å². The normalized spacial score (nSPS) is 18.6. The van der Waals surface area contributed by atoms with Gasteiger partial charge in [-0.15, -0.1) is 0 Å². The van der Waals surface area contributed by atoms with Crippen LogP contribution in [-0.4, -0.2) is 35.3 Å². The number of alkyl carbamates (subject to hydrolysis) is 1. The molecule has 1 aliphatic rings. The molecule has 0 unspecified atom stereocenters. The van der Waals surface area contributed by atoms with Gasteiger partial charge in [-0.05, 0) is 65.0 Å². The molecule has 9 heteroatoms. The molecule has 7 nitrogen and oxygen atoms in total. The molecule has 0 bridgehead atoms. The monoisotopic (exact) mass is 451 g/mol. The van der Waals surface area contributed by atoms with Gasteiger partial charge in [0.15, 0.2) is 0 Å². The maximum Gasteiger partial charge on any atom is 0.407 e. The lowest BCUT2D eigenvalue weighted by atomic mass is 10.0. The molecule has 168 valence electrons. The Morgan fingerprint density at radius 3 is 2.74 bits per heavy atom. The van der Waals surface area contributed by atoms with Crippen molar-refractivity contribution < 1.29 is 23.2 Å². The van der Waals surface area contributed by atoms with Gasteiger partial charge < -0.3 is 19.9 Å². The molecule has 1 heterocycles. The van der Waals surface area contributed by atoms with E-state index in [1.54, 1.807) is 6.92 Å². The zero-order valence-electron chi connectivity index (χ0n) is 18.1. The molecule has 0 radical (unpaired) electrons. The van der Waals surface area contributed by atoms with Crippen molar-refractivity contribution in [3.63, 3.8) is 0 Å². The van der Waals surface area contributed by atoms with E-state index < -0.39 is 23.4 Å². The zero-order chi connectivity index (χ0) is 22.8. The molecule has 0 spiro atoms. The Bertz CT molecular complexity index is 950. The fourth-order valence-electron chi connectivity index (χ4n) is 3.73. The summed E-state index contributed by atoms with van der Waals surface area (Å²) in [7, 11) is 0. The molecule has 2 atom stereocenters. The molecular formula is C22H27ClFN3O4. The van der Waals surface area contributed by atoms with Gasteiger partial charge in [0.05, 0.1) is 10.6 Å². The lowest BCUT2D eigenvalue weighted by Gasteiger charge is -2.21. The number of nitrogens with one attached hydrogen (secondary N) is 2. The smallest absolute Gasteiger partial charge is 0.407 e. The molecule has 31 heavy (non-hydrogen) atoms. The van der Waals surface area contributed by atoms with Crippen LogP contribution in [0, 0.1) is 18.7 Å². The van der Waals surface area contributed by atoms with Gasteiger partial charge in [-0.1, -0.05) is 22.8 Å². The molecular weight excluding hydrogens is 425 g/mol. The van der Waals surface area contributed by atoms with E-state index in [-0.39, 0.29) is 39.6 Å². The number of hydrogen-bond acceptors (Lipinski definition) is 5. The van der Waals surface area contributed by atoms with Crippen molar-refractivity contribution in [3.05, 3.63) is 40.4 Å². The third kappa shape index (κ3) is 5.76. The lowest BCUT2D eigenvalue weighted by Crippen LogP contribution is -2.38. The first-order valence-electron chi connectivity index (χ1n) is 10.2. The SMILES string of the molecule is Cc1onc(-c2c(F)cccc2Cl)c1C(=O)NC[C@@H]1CC[C@H](NC(=O)OC(C)(C)C)C1. The number of ether oxygens (including phenoxy) is 1. The Balaban J connectivity index is 1.60. The van der Waals surface area contributed by atoms with E-state index in [1.165, 1.54) is 18.2 Å². The molecule has 1 saturated carbocycles. The maximum absolute atomic E-state index is 14.3. The molecule has 0 saturated heterocycles. The molecule has 2 amide bonds. The van der Waals surface area contributed by atoms with Crippen LogP contribution in [0.1, 0.15) is 56.2 Å². The van der Waals surface area contributed by atoms with Crippen LogP contribution in [0.15, 0.2) is 22.7 Å². The predicted octanol–water partition coefficient (Wildman–Crippen LogP) is 4.87. The average Bonchev–Trinajstić information content (AvgIpc) is 3.24. The fraction of sp³-hybridized carbons (Fsp3) is 0.500. The molecule has 3 rings (SSSR count). The number of amides is 2. The Kier molecular flexibility index (Phi) is 6.89. The number of rotatable bonds is 5. The van der Waals surface area contributed by atoms with Crippen molar-refractivity contribution in [2.24, 2.45) is 5.92 Å². The highest BCUT2D eigenvalue weighted by atomic mass is 35.5. The summed E-state index contributed by atoms with van der Waals surface area (Å²) < 4.78 is 24.8. The second-order valence-electron chi connectivity index (χ2n) is 8.79. The Morgan fingerprint density at radius 2 is 2.06 bits per heavy atom. The largest absolute Gasteiger partial charge is 0.444 e. The minimum atomic E-state index is -0.582. The summed E-state index contributed by atoms with van der Waals surface area (Å²) in [4.78, 5) is 24.8. The molecule has 1 fully saturated rings. The van der Waals surface area contributed by atoms with Crippen LogP contribution in [-0.2, 0) is 4.74 Å². The lowest BCUT2D eigenvalue weighted by molar-refractivity contribution is 0.0504. The summed E-state index contributed by atoms with van der Waals surface area (Å²) in [6.07, 6.45) is 1.96. The highest BCUT2D eigenvalue weighted by Gasteiger charge is 2.30. The molecule has 1 aromatic carbocycles. The minimum Gasteiger partial charge on any atom is -0.444 e. The van der Waals surface area contributed by atoms with Crippen molar-refractivity contribution in [2.75, 3.05) is 6.54 Å². The highest BCUT2D eigenvalue weighted by Crippen LogP contribution is 2.33. The fourth-order valence-corrected chi connectivity index (χ4v) is 3.98. The number of halogens is 2. The first kappa shape index (κ1) is 23.1. The number of nitrogens with zero attached hydrogens (tertiary/aromatic N) is 1. The third-order valence-corrected chi connectivity index (χ3v) is 5.42. The van der Waals surface area contributed by atoms with Crippen LogP contribution >= 0.6 is 11.6 Å². The summed E-state index contributed by atoms with van der Waals surface area (Å²) >= 11 is 6.13. The molecule has 1 aliphatic carbocycles. The number of aryl methyl sites for hydroxylation is 1. The van der Waals surface area contributed by atoms with E-state index in [9.17, 15) is 14.0 Å². The molecule has 1 aromatic heterocycles. The van der Waals surface area contributed by atoms with Gasteiger partial charge in [0, 0.05) is 12.6 Å². The van der Waals surface area contributed by atoms with Crippen LogP contribution < -0.4 is 10.6 Å². The van der Waals surface area contributed by atoms with Crippen molar-refractivity contribution >= 4 is 23.6 Å². The molecule has 2 aromatic rings. The first-order valence-corrected chi connectivity index (χ1v) is 10.6. The summed E-state index contributed by atoms with van der Waals surface area (Å²) in [5.41, 5.74) is -0.276. The van der Waals surface area contributed by atoms with E-state index in [0.29, 0.717) is 6.54 Å². The van der Waals surface area contributed by atoms with E-state index in [1.807, 2.05) is 20.8 Å². The second-order valence-corrected chi connectivity index (χ2v) is 9.20. The van der Waals surface area contributed by atoms with Gasteiger partial charge >= 0.3 is 6.09 Å². The number of carbonyl (C=O) groups is 2. The van der Waals surface area contributed by atoms with Gasteiger partial charge in [0.2, 0.25) is 0 Å². The summed E-state index contributed by atoms with van der Waals surface area (Å²) in [6, 6.07) is 4.27. The average molecular weight is 452 g/mol. The van der Waals surface area contributed by atoms with Crippen LogP contribution in [0.25, 0.3) is 11.3 Å². The van der Waals surface area contributed by atoms with E-state index in [4.69, 9.17) is 20.9 Å². The summed E-state index contributed by atoms with van der Waals surface area (Å²) in [6.45, 7) is 7.45. The van der Waals surface area contributed by atoms with Crippen molar-refractivity contribution in [3.8, 4) is 11.3 Å². The second kappa shape index (κ2) is 9.26. The van der Waals surface area contributed by atoms with Crippen molar-refractivity contribution in [1.82, 2.24) is 15.8 Å². The number of aromatic nitrogens is 1. The topological polar surface area (TPSA) is 93.5 Å². The van der Waals surface area contributed by atoms with Crippen LogP contribution in [0.4, 0.5) is 9.18 Å². The van der Waals surface area contributed by atoms with Gasteiger partial charge in [-0.25, -0.2) is 9.18 Å². The van der Waals surface area contributed by atoms with E-state index in [0.717, 1.165) is 19.3 Å². The Morgan fingerprint density at radius 1 is 1.32 bits per heavy atom.